The monoisotopic (exact) mass is 494 g/mol. The fourth-order valence-electron chi connectivity index (χ4n) is 4.64. The van der Waals surface area contributed by atoms with Gasteiger partial charge in [-0.15, -0.1) is 0 Å². The number of halogens is 3. The molecule has 2 saturated heterocycles. The largest absolute Gasteiger partial charge is 0.368 e. The molecule has 2 aliphatic heterocycles. The van der Waals surface area contributed by atoms with Gasteiger partial charge in [0.2, 0.25) is 10.0 Å². The van der Waals surface area contributed by atoms with Crippen LogP contribution in [0.1, 0.15) is 24.8 Å². The van der Waals surface area contributed by atoms with E-state index in [1.807, 2.05) is 0 Å². The molecule has 0 aromatic heterocycles. The SMILES string of the molecule is O=C(C1CCO1)N1C[C@H](F)[C@H](NS(=O)(=O)C2CC2)[C@@H]1Cc1cccc(-c2cccc(F)c2)c1F. The molecular formula is C24H25F3N2O4S. The van der Waals surface area contributed by atoms with Crippen LogP contribution < -0.4 is 4.72 Å². The molecule has 2 aromatic carbocycles. The number of likely N-dealkylation sites (tertiary alicyclic amines) is 1. The van der Waals surface area contributed by atoms with E-state index in [9.17, 15) is 17.6 Å². The molecule has 182 valence electrons. The number of ether oxygens (including phenoxy) is 1. The van der Waals surface area contributed by atoms with Crippen LogP contribution in [0.15, 0.2) is 42.5 Å². The molecule has 3 aliphatic rings. The first-order valence-corrected chi connectivity index (χ1v) is 12.9. The van der Waals surface area contributed by atoms with Gasteiger partial charge in [-0.1, -0.05) is 30.3 Å². The van der Waals surface area contributed by atoms with Crippen LogP contribution in [0.25, 0.3) is 11.1 Å². The molecular weight excluding hydrogens is 469 g/mol. The van der Waals surface area contributed by atoms with Crippen molar-refractivity contribution < 1.29 is 31.1 Å². The third-order valence-electron chi connectivity index (χ3n) is 6.74. The van der Waals surface area contributed by atoms with E-state index in [-0.39, 0.29) is 24.1 Å². The molecule has 0 bridgehead atoms. The van der Waals surface area contributed by atoms with Crippen LogP contribution in [0.3, 0.4) is 0 Å². The van der Waals surface area contributed by atoms with E-state index in [0.29, 0.717) is 31.4 Å². The number of amides is 1. The van der Waals surface area contributed by atoms with Crippen molar-refractivity contribution in [3.63, 3.8) is 0 Å². The van der Waals surface area contributed by atoms with Gasteiger partial charge in [-0.3, -0.25) is 4.79 Å². The number of carbonyl (C=O) groups excluding carboxylic acids is 1. The molecule has 6 nitrogen and oxygen atoms in total. The van der Waals surface area contributed by atoms with E-state index in [1.54, 1.807) is 12.1 Å². The van der Waals surface area contributed by atoms with Gasteiger partial charge in [0.05, 0.1) is 30.5 Å². The third kappa shape index (κ3) is 4.46. The van der Waals surface area contributed by atoms with E-state index >= 15 is 8.78 Å². The first-order chi connectivity index (χ1) is 16.2. The van der Waals surface area contributed by atoms with Gasteiger partial charge in [0.15, 0.2) is 0 Å². The number of hydrogen-bond acceptors (Lipinski definition) is 4. The van der Waals surface area contributed by atoms with Crippen LogP contribution in [-0.2, 0) is 26.0 Å². The molecule has 10 heteroatoms. The Hall–Kier alpha value is -2.43. The molecule has 1 saturated carbocycles. The van der Waals surface area contributed by atoms with Crippen molar-refractivity contribution in [3.8, 4) is 11.1 Å². The highest BCUT2D eigenvalue weighted by molar-refractivity contribution is 7.90. The first-order valence-electron chi connectivity index (χ1n) is 11.4. The summed E-state index contributed by atoms with van der Waals surface area (Å²) in [6.07, 6.45) is -0.930. The molecule has 1 amide bonds. The number of alkyl halides is 1. The van der Waals surface area contributed by atoms with Crippen molar-refractivity contribution in [2.75, 3.05) is 13.2 Å². The normalized spacial score (nSPS) is 27.0. The van der Waals surface area contributed by atoms with E-state index < -0.39 is 57.2 Å². The Morgan fingerprint density at radius 1 is 1.12 bits per heavy atom. The number of sulfonamides is 1. The van der Waals surface area contributed by atoms with Crippen LogP contribution in [-0.4, -0.2) is 62.0 Å². The lowest BCUT2D eigenvalue weighted by atomic mass is 9.95. The van der Waals surface area contributed by atoms with E-state index in [1.165, 1.54) is 35.2 Å². The summed E-state index contributed by atoms with van der Waals surface area (Å²) in [6, 6.07) is 8.02. The van der Waals surface area contributed by atoms with Gasteiger partial charge in [0, 0.05) is 12.0 Å². The predicted molar refractivity (Wildman–Crippen MR) is 119 cm³/mol. The van der Waals surface area contributed by atoms with E-state index in [2.05, 4.69) is 4.72 Å². The lowest BCUT2D eigenvalue weighted by Gasteiger charge is -2.34. The molecule has 3 fully saturated rings. The number of carbonyl (C=O) groups is 1. The highest BCUT2D eigenvalue weighted by atomic mass is 32.2. The second-order valence-electron chi connectivity index (χ2n) is 9.10. The smallest absolute Gasteiger partial charge is 0.252 e. The maximum Gasteiger partial charge on any atom is 0.252 e. The Morgan fingerprint density at radius 3 is 2.50 bits per heavy atom. The number of nitrogens with zero attached hydrogens (tertiary/aromatic N) is 1. The standard InChI is InChI=1S/C24H25F3N2O4S/c25-16-5-1-3-14(11-16)18-6-2-4-15(22(18)27)12-20-23(28-34(31,32)17-7-8-17)19(26)13-29(20)24(30)21-9-10-33-21/h1-6,11,17,19-21,23,28H,7-10,12-13H2/t19-,20-,21?,23-/m0/s1. The van der Waals surface area contributed by atoms with E-state index in [0.717, 1.165) is 0 Å². The molecule has 0 spiro atoms. The minimum atomic E-state index is -3.75. The average Bonchev–Trinajstić information content (AvgIpc) is 3.57. The van der Waals surface area contributed by atoms with Gasteiger partial charge in [0.1, 0.15) is 23.9 Å². The van der Waals surface area contributed by atoms with Gasteiger partial charge >= 0.3 is 0 Å². The van der Waals surface area contributed by atoms with Crippen LogP contribution >= 0.6 is 0 Å². The van der Waals surface area contributed by atoms with Crippen molar-refractivity contribution in [3.05, 3.63) is 59.7 Å². The molecule has 1 unspecified atom stereocenters. The second kappa shape index (κ2) is 8.98. The average molecular weight is 495 g/mol. The summed E-state index contributed by atoms with van der Waals surface area (Å²) < 4.78 is 77.3. The molecule has 2 aromatic rings. The van der Waals surface area contributed by atoms with Crippen molar-refractivity contribution in [2.24, 2.45) is 0 Å². The lowest BCUT2D eigenvalue weighted by Crippen LogP contribution is -2.53. The topological polar surface area (TPSA) is 75.7 Å². The highest BCUT2D eigenvalue weighted by Gasteiger charge is 2.50. The van der Waals surface area contributed by atoms with Gasteiger partial charge in [0.25, 0.3) is 5.91 Å². The molecule has 1 N–H and O–H groups in total. The molecule has 5 rings (SSSR count). The molecule has 4 atom stereocenters. The quantitative estimate of drug-likeness (QED) is 0.642. The summed E-state index contributed by atoms with van der Waals surface area (Å²) in [5.41, 5.74) is 0.696. The zero-order chi connectivity index (χ0) is 24.0. The van der Waals surface area contributed by atoms with Crippen LogP contribution in [0.2, 0.25) is 0 Å². The van der Waals surface area contributed by atoms with Crippen molar-refractivity contribution in [1.82, 2.24) is 9.62 Å². The van der Waals surface area contributed by atoms with Gasteiger partial charge < -0.3 is 9.64 Å². The fraction of sp³-hybridized carbons (Fsp3) is 0.458. The summed E-state index contributed by atoms with van der Waals surface area (Å²) in [4.78, 5) is 14.2. The summed E-state index contributed by atoms with van der Waals surface area (Å²) in [6.45, 7) is 0.127. The Morgan fingerprint density at radius 2 is 1.85 bits per heavy atom. The maximum atomic E-state index is 15.5. The van der Waals surface area contributed by atoms with Crippen molar-refractivity contribution in [2.45, 2.75) is 55.3 Å². The number of hydrogen-bond donors (Lipinski definition) is 1. The van der Waals surface area contributed by atoms with Crippen LogP contribution in [0.4, 0.5) is 13.2 Å². The van der Waals surface area contributed by atoms with Crippen molar-refractivity contribution >= 4 is 15.9 Å². The number of nitrogens with one attached hydrogen (secondary N) is 1. The zero-order valence-electron chi connectivity index (χ0n) is 18.3. The van der Waals surface area contributed by atoms with E-state index in [4.69, 9.17) is 4.74 Å². The molecule has 2 heterocycles. The Kier molecular flexibility index (Phi) is 6.16. The number of rotatable bonds is 7. The van der Waals surface area contributed by atoms with Gasteiger partial charge in [-0.05, 0) is 42.5 Å². The highest BCUT2D eigenvalue weighted by Crippen LogP contribution is 2.33. The summed E-state index contributed by atoms with van der Waals surface area (Å²) in [5.74, 6) is -1.55. The van der Waals surface area contributed by atoms with Crippen LogP contribution in [0, 0.1) is 11.6 Å². The van der Waals surface area contributed by atoms with Crippen molar-refractivity contribution in [1.29, 1.82) is 0 Å². The predicted octanol–water partition coefficient (Wildman–Crippen LogP) is 2.96. The number of benzene rings is 2. The maximum absolute atomic E-state index is 15.5. The lowest BCUT2D eigenvalue weighted by molar-refractivity contribution is -0.157. The van der Waals surface area contributed by atoms with Crippen LogP contribution in [0.5, 0.6) is 0 Å². The summed E-state index contributed by atoms with van der Waals surface area (Å²) >= 11 is 0. The Bertz CT molecular complexity index is 1200. The fourth-order valence-corrected chi connectivity index (χ4v) is 6.27. The second-order valence-corrected chi connectivity index (χ2v) is 11.1. The molecule has 0 radical (unpaired) electrons. The minimum Gasteiger partial charge on any atom is -0.368 e. The zero-order valence-corrected chi connectivity index (χ0v) is 19.1. The first kappa shape index (κ1) is 23.3. The van der Waals surface area contributed by atoms with Gasteiger partial charge in [-0.2, -0.15) is 0 Å². The minimum absolute atomic E-state index is 0.105. The Balaban J connectivity index is 1.47. The van der Waals surface area contributed by atoms with Gasteiger partial charge in [-0.25, -0.2) is 26.3 Å². The summed E-state index contributed by atoms with van der Waals surface area (Å²) in [5, 5.41) is -0.562. The third-order valence-corrected chi connectivity index (χ3v) is 8.69. The molecule has 34 heavy (non-hydrogen) atoms. The molecule has 1 aliphatic carbocycles. The summed E-state index contributed by atoms with van der Waals surface area (Å²) in [7, 11) is -3.75. The Labute approximate surface area is 196 Å².